The van der Waals surface area contributed by atoms with E-state index in [-0.39, 0.29) is 31.1 Å². The summed E-state index contributed by atoms with van der Waals surface area (Å²) in [4.78, 5) is 37.9. The predicted octanol–water partition coefficient (Wildman–Crippen LogP) is 16.2. The SMILES string of the molecule is CC/C=C\C/C=C\C/C=C\C/C=C\CCCCCC(=O)OCC(COC(=O)CCCC/C=C\C/C=C\C/C=C\CC)OC(=O)CCCCCCCCC/C=C\CCCCCC. The summed E-state index contributed by atoms with van der Waals surface area (Å²) in [6.45, 7) is 6.31. The third-order valence-electron chi connectivity index (χ3n) is 10.1. The minimum Gasteiger partial charge on any atom is -0.462 e. The molecule has 1 atom stereocenters. The molecule has 6 nitrogen and oxygen atoms in total. The van der Waals surface area contributed by atoms with Gasteiger partial charge in [-0.1, -0.05) is 176 Å². The molecule has 0 radical (unpaired) electrons. The zero-order valence-corrected chi connectivity index (χ0v) is 39.4. The summed E-state index contributed by atoms with van der Waals surface area (Å²) in [6.07, 6.45) is 63.9. The maximum Gasteiger partial charge on any atom is 0.306 e. The third kappa shape index (κ3) is 47.2. The van der Waals surface area contributed by atoms with E-state index in [1.807, 2.05) is 0 Å². The van der Waals surface area contributed by atoms with Gasteiger partial charge in [0.25, 0.3) is 0 Å². The molecule has 61 heavy (non-hydrogen) atoms. The molecule has 346 valence electrons. The number of hydrogen-bond acceptors (Lipinski definition) is 6. The number of carbonyl (C=O) groups is 3. The fourth-order valence-corrected chi connectivity index (χ4v) is 6.38. The molecule has 0 rings (SSSR count). The van der Waals surface area contributed by atoms with Crippen molar-refractivity contribution in [2.75, 3.05) is 13.2 Å². The van der Waals surface area contributed by atoms with E-state index in [1.165, 1.54) is 64.2 Å². The zero-order valence-electron chi connectivity index (χ0n) is 39.4. The van der Waals surface area contributed by atoms with Crippen molar-refractivity contribution in [2.24, 2.45) is 0 Å². The summed E-state index contributed by atoms with van der Waals surface area (Å²) in [5.74, 6) is -0.988. The second kappa shape index (κ2) is 49.0. The van der Waals surface area contributed by atoms with Crippen LogP contribution in [0, 0.1) is 0 Å². The van der Waals surface area contributed by atoms with Crippen LogP contribution in [0.5, 0.6) is 0 Å². The van der Waals surface area contributed by atoms with Gasteiger partial charge in [0.2, 0.25) is 0 Å². The summed E-state index contributed by atoms with van der Waals surface area (Å²) in [7, 11) is 0. The van der Waals surface area contributed by atoms with Crippen LogP contribution in [0.15, 0.2) is 97.2 Å². The molecule has 6 heteroatoms. The maximum absolute atomic E-state index is 12.8. The number of allylic oxidation sites excluding steroid dienone is 16. The smallest absolute Gasteiger partial charge is 0.306 e. The van der Waals surface area contributed by atoms with Gasteiger partial charge in [-0.2, -0.15) is 0 Å². The summed E-state index contributed by atoms with van der Waals surface area (Å²) < 4.78 is 16.7. The van der Waals surface area contributed by atoms with Crippen molar-refractivity contribution in [3.05, 3.63) is 97.2 Å². The van der Waals surface area contributed by atoms with Crippen molar-refractivity contribution in [2.45, 2.75) is 219 Å². The van der Waals surface area contributed by atoms with E-state index in [1.54, 1.807) is 0 Å². The highest BCUT2D eigenvalue weighted by molar-refractivity contribution is 5.71. The van der Waals surface area contributed by atoms with Crippen molar-refractivity contribution in [1.29, 1.82) is 0 Å². The molecule has 1 unspecified atom stereocenters. The van der Waals surface area contributed by atoms with Gasteiger partial charge in [0, 0.05) is 19.3 Å². The summed E-state index contributed by atoms with van der Waals surface area (Å²) >= 11 is 0. The van der Waals surface area contributed by atoms with Crippen LogP contribution in [0.25, 0.3) is 0 Å². The molecule has 0 saturated carbocycles. The highest BCUT2D eigenvalue weighted by atomic mass is 16.6. The standard InChI is InChI=1S/C55H90O6/c1-4-7-10-13-16-19-22-25-27-29-30-33-36-39-42-45-48-54(57)60-51-52(50-59-53(56)47-44-41-38-35-32-24-21-18-15-12-9-6-3)61-55(58)49-46-43-40-37-34-31-28-26-23-20-17-14-11-8-5-2/h7,9-10,12,16,18-21,23,25,27,30,32-33,35,52H,4-6,8,11,13-15,17,22,24,26,28-29,31,34,36-51H2,1-3H3/b10-7-,12-9-,19-16-,21-18-,23-20-,27-25-,33-30-,35-32-. The summed E-state index contributed by atoms with van der Waals surface area (Å²) in [6, 6.07) is 0. The Balaban J connectivity index is 4.50. The van der Waals surface area contributed by atoms with E-state index in [9.17, 15) is 14.4 Å². The van der Waals surface area contributed by atoms with Crippen LogP contribution in [-0.2, 0) is 28.6 Å². The van der Waals surface area contributed by atoms with Gasteiger partial charge in [-0.25, -0.2) is 0 Å². The molecule has 0 aliphatic heterocycles. The van der Waals surface area contributed by atoms with Gasteiger partial charge >= 0.3 is 17.9 Å². The summed E-state index contributed by atoms with van der Waals surface area (Å²) in [5.41, 5.74) is 0. The van der Waals surface area contributed by atoms with Gasteiger partial charge in [0.1, 0.15) is 13.2 Å². The number of rotatable bonds is 43. The second-order valence-corrected chi connectivity index (χ2v) is 16.0. The lowest BCUT2D eigenvalue weighted by Crippen LogP contribution is -2.30. The monoisotopic (exact) mass is 847 g/mol. The van der Waals surface area contributed by atoms with E-state index >= 15 is 0 Å². The maximum atomic E-state index is 12.8. The molecule has 0 amide bonds. The second-order valence-electron chi connectivity index (χ2n) is 16.0. The number of carbonyl (C=O) groups excluding carboxylic acids is 3. The Labute approximate surface area is 375 Å². The fraction of sp³-hybridized carbons (Fsp3) is 0.655. The summed E-state index contributed by atoms with van der Waals surface area (Å²) in [5, 5.41) is 0. The Morgan fingerprint density at radius 3 is 1.07 bits per heavy atom. The quantitative estimate of drug-likeness (QED) is 0.0263. The first-order valence-electron chi connectivity index (χ1n) is 24.7. The molecular weight excluding hydrogens is 757 g/mol. The van der Waals surface area contributed by atoms with Gasteiger partial charge in [-0.05, 0) is 116 Å². The van der Waals surface area contributed by atoms with Crippen LogP contribution in [0.3, 0.4) is 0 Å². The fourth-order valence-electron chi connectivity index (χ4n) is 6.38. The van der Waals surface area contributed by atoms with E-state index < -0.39 is 6.10 Å². The zero-order chi connectivity index (χ0) is 44.4. The molecule has 0 aliphatic carbocycles. The molecule has 0 bridgehead atoms. The first kappa shape index (κ1) is 57.3. The highest BCUT2D eigenvalue weighted by Crippen LogP contribution is 2.13. The molecule has 0 aromatic carbocycles. The number of esters is 3. The van der Waals surface area contributed by atoms with Gasteiger partial charge in [-0.15, -0.1) is 0 Å². The van der Waals surface area contributed by atoms with Gasteiger partial charge in [-0.3, -0.25) is 14.4 Å². The average molecular weight is 847 g/mol. The number of hydrogen-bond donors (Lipinski definition) is 0. The Hall–Kier alpha value is -3.67. The first-order valence-corrected chi connectivity index (χ1v) is 24.7. The van der Waals surface area contributed by atoms with Crippen LogP contribution < -0.4 is 0 Å². The first-order chi connectivity index (χ1) is 30.0. The van der Waals surface area contributed by atoms with E-state index in [4.69, 9.17) is 14.2 Å². The molecular formula is C55H90O6. The third-order valence-corrected chi connectivity index (χ3v) is 10.1. The predicted molar refractivity (Wildman–Crippen MR) is 260 cm³/mol. The average Bonchev–Trinajstić information content (AvgIpc) is 3.26. The lowest BCUT2D eigenvalue weighted by Gasteiger charge is -2.18. The van der Waals surface area contributed by atoms with Crippen LogP contribution in [-0.4, -0.2) is 37.2 Å². The lowest BCUT2D eigenvalue weighted by molar-refractivity contribution is -0.167. The van der Waals surface area contributed by atoms with Crippen LogP contribution in [0.1, 0.15) is 213 Å². The Kier molecular flexibility index (Phi) is 46.0. The Morgan fingerprint density at radius 1 is 0.344 bits per heavy atom. The van der Waals surface area contributed by atoms with Gasteiger partial charge in [0.05, 0.1) is 0 Å². The molecule has 0 aromatic rings. The highest BCUT2D eigenvalue weighted by Gasteiger charge is 2.19. The normalized spacial score (nSPS) is 12.9. The van der Waals surface area contributed by atoms with E-state index in [0.717, 1.165) is 109 Å². The molecule has 0 aromatic heterocycles. The minimum atomic E-state index is -0.808. The van der Waals surface area contributed by atoms with Crippen molar-refractivity contribution in [3.8, 4) is 0 Å². The largest absolute Gasteiger partial charge is 0.462 e. The topological polar surface area (TPSA) is 78.9 Å². The number of ether oxygens (including phenoxy) is 3. The van der Waals surface area contributed by atoms with Crippen molar-refractivity contribution in [3.63, 3.8) is 0 Å². The Bertz CT molecular complexity index is 1250. The van der Waals surface area contributed by atoms with E-state index in [2.05, 4.69) is 118 Å². The molecule has 0 spiro atoms. The van der Waals surface area contributed by atoms with Crippen molar-refractivity contribution in [1.82, 2.24) is 0 Å². The number of unbranched alkanes of at least 4 members (excludes halogenated alkanes) is 16. The van der Waals surface area contributed by atoms with Crippen LogP contribution >= 0.6 is 0 Å². The van der Waals surface area contributed by atoms with Gasteiger partial charge < -0.3 is 14.2 Å². The van der Waals surface area contributed by atoms with Crippen molar-refractivity contribution < 1.29 is 28.6 Å². The Morgan fingerprint density at radius 2 is 0.639 bits per heavy atom. The van der Waals surface area contributed by atoms with Crippen LogP contribution in [0.4, 0.5) is 0 Å². The molecule has 0 aliphatic rings. The molecule has 0 saturated heterocycles. The molecule has 0 N–H and O–H groups in total. The van der Waals surface area contributed by atoms with E-state index in [0.29, 0.717) is 19.3 Å². The lowest BCUT2D eigenvalue weighted by atomic mass is 10.1. The molecule has 0 fully saturated rings. The van der Waals surface area contributed by atoms with Gasteiger partial charge in [0.15, 0.2) is 6.10 Å². The van der Waals surface area contributed by atoms with Crippen molar-refractivity contribution >= 4 is 17.9 Å². The minimum absolute atomic E-state index is 0.109. The van der Waals surface area contributed by atoms with Crippen LogP contribution in [0.2, 0.25) is 0 Å². The molecule has 0 heterocycles.